The summed E-state index contributed by atoms with van der Waals surface area (Å²) >= 11 is 0. The predicted octanol–water partition coefficient (Wildman–Crippen LogP) is 1.71. The summed E-state index contributed by atoms with van der Waals surface area (Å²) in [4.78, 5) is 17.2. The molecule has 17 heavy (non-hydrogen) atoms. The van der Waals surface area contributed by atoms with Crippen molar-refractivity contribution in [1.82, 2.24) is 5.48 Å². The Morgan fingerprint density at radius 3 is 2.18 bits per heavy atom. The van der Waals surface area contributed by atoms with Crippen LogP contribution in [0.1, 0.15) is 33.3 Å². The molecule has 0 heterocycles. The maximum absolute atomic E-state index is 12.0. The second kappa shape index (κ2) is 4.85. The predicted molar refractivity (Wildman–Crippen MR) is 67.0 cm³/mol. The fourth-order valence-corrected chi connectivity index (χ4v) is 1.22. The minimum absolute atomic E-state index is 0.362. The summed E-state index contributed by atoms with van der Waals surface area (Å²) in [5.74, 6) is -0.362. The van der Waals surface area contributed by atoms with E-state index in [4.69, 9.17) is 10.6 Å². The lowest BCUT2D eigenvalue weighted by Crippen LogP contribution is -2.50. The van der Waals surface area contributed by atoms with E-state index in [1.165, 1.54) is 0 Å². The maximum Gasteiger partial charge on any atom is 0.267 e. The van der Waals surface area contributed by atoms with Gasteiger partial charge in [-0.15, -0.1) is 0 Å². The molecule has 0 spiro atoms. The molecule has 4 nitrogen and oxygen atoms in total. The van der Waals surface area contributed by atoms with Crippen molar-refractivity contribution >= 4 is 5.91 Å². The van der Waals surface area contributed by atoms with Gasteiger partial charge in [-0.3, -0.25) is 9.63 Å². The van der Waals surface area contributed by atoms with Gasteiger partial charge in [0.05, 0.1) is 5.60 Å². The van der Waals surface area contributed by atoms with Gasteiger partial charge in [-0.2, -0.15) is 0 Å². The minimum atomic E-state index is -1.10. The number of carbonyl (C=O) groups excluding carboxylic acids is 1. The van der Waals surface area contributed by atoms with Crippen LogP contribution in [-0.2, 0) is 15.2 Å². The SMILES string of the molecule is CC(C)(C)ONC(=O)C(C)(N)c1ccccc1. The topological polar surface area (TPSA) is 64.3 Å². The molecule has 1 unspecified atom stereocenters. The molecule has 1 atom stereocenters. The first-order valence-electron chi connectivity index (χ1n) is 5.56. The molecule has 0 saturated carbocycles. The summed E-state index contributed by atoms with van der Waals surface area (Å²) in [5.41, 5.74) is 7.62. The highest BCUT2D eigenvalue weighted by Gasteiger charge is 2.31. The molecule has 1 rings (SSSR count). The number of nitrogens with two attached hydrogens (primary N) is 1. The number of rotatable bonds is 3. The van der Waals surface area contributed by atoms with Gasteiger partial charge in [0.2, 0.25) is 0 Å². The van der Waals surface area contributed by atoms with Crippen molar-refractivity contribution < 1.29 is 9.63 Å². The first-order chi connectivity index (χ1) is 7.73. The molecule has 0 saturated heterocycles. The third kappa shape index (κ3) is 3.84. The van der Waals surface area contributed by atoms with Crippen LogP contribution in [0.5, 0.6) is 0 Å². The van der Waals surface area contributed by atoms with Crippen LogP contribution in [0.15, 0.2) is 30.3 Å². The summed E-state index contributed by atoms with van der Waals surface area (Å²) in [7, 11) is 0. The Morgan fingerprint density at radius 1 is 1.18 bits per heavy atom. The summed E-state index contributed by atoms with van der Waals surface area (Å²) in [6.45, 7) is 7.21. The van der Waals surface area contributed by atoms with Crippen molar-refractivity contribution in [2.45, 2.75) is 38.8 Å². The second-order valence-electron chi connectivity index (χ2n) is 5.21. The van der Waals surface area contributed by atoms with Gasteiger partial charge in [-0.1, -0.05) is 30.3 Å². The second-order valence-corrected chi connectivity index (χ2v) is 5.21. The van der Waals surface area contributed by atoms with Gasteiger partial charge < -0.3 is 5.73 Å². The summed E-state index contributed by atoms with van der Waals surface area (Å²) in [6.07, 6.45) is 0. The van der Waals surface area contributed by atoms with Crippen molar-refractivity contribution in [2.75, 3.05) is 0 Å². The summed E-state index contributed by atoms with van der Waals surface area (Å²) in [6, 6.07) is 9.20. The monoisotopic (exact) mass is 236 g/mol. The van der Waals surface area contributed by atoms with Gasteiger partial charge in [0.15, 0.2) is 0 Å². The smallest absolute Gasteiger partial charge is 0.267 e. The zero-order chi connectivity index (χ0) is 13.1. The van der Waals surface area contributed by atoms with Crippen LogP contribution in [0.4, 0.5) is 0 Å². The highest BCUT2D eigenvalue weighted by Crippen LogP contribution is 2.17. The molecule has 1 aromatic rings. The van der Waals surface area contributed by atoms with Crippen LogP contribution in [0.25, 0.3) is 0 Å². The standard InChI is InChI=1S/C13H20N2O2/c1-12(2,3)17-15-11(16)13(4,14)10-8-6-5-7-9-10/h5-9H,14H2,1-4H3,(H,15,16). The Balaban J connectivity index is 2.74. The van der Waals surface area contributed by atoms with Crippen LogP contribution in [0.3, 0.4) is 0 Å². The lowest BCUT2D eigenvalue weighted by molar-refractivity contribution is -0.150. The normalized spacial score (nSPS) is 15.1. The van der Waals surface area contributed by atoms with Gasteiger partial charge in [0.25, 0.3) is 5.91 Å². The van der Waals surface area contributed by atoms with E-state index in [-0.39, 0.29) is 5.91 Å². The van der Waals surface area contributed by atoms with E-state index in [0.717, 1.165) is 5.56 Å². The lowest BCUT2D eigenvalue weighted by atomic mass is 9.93. The molecule has 0 aliphatic rings. The van der Waals surface area contributed by atoms with Crippen molar-refractivity contribution in [2.24, 2.45) is 5.73 Å². The molecule has 0 radical (unpaired) electrons. The Morgan fingerprint density at radius 2 is 1.71 bits per heavy atom. The van der Waals surface area contributed by atoms with Crippen molar-refractivity contribution in [3.63, 3.8) is 0 Å². The van der Waals surface area contributed by atoms with E-state index in [2.05, 4.69) is 5.48 Å². The van der Waals surface area contributed by atoms with Crippen LogP contribution in [0.2, 0.25) is 0 Å². The zero-order valence-corrected chi connectivity index (χ0v) is 10.8. The molecular formula is C13H20N2O2. The highest BCUT2D eigenvalue weighted by molar-refractivity contribution is 5.86. The molecule has 0 bridgehead atoms. The quantitative estimate of drug-likeness (QED) is 0.785. The first-order valence-corrected chi connectivity index (χ1v) is 5.56. The van der Waals surface area contributed by atoms with Crippen molar-refractivity contribution in [1.29, 1.82) is 0 Å². The summed E-state index contributed by atoms with van der Waals surface area (Å²) in [5, 5.41) is 0. The van der Waals surface area contributed by atoms with Gasteiger partial charge in [-0.25, -0.2) is 5.48 Å². The van der Waals surface area contributed by atoms with Gasteiger partial charge in [0.1, 0.15) is 5.54 Å². The Kier molecular flexibility index (Phi) is 3.91. The molecule has 94 valence electrons. The van der Waals surface area contributed by atoms with Gasteiger partial charge in [-0.05, 0) is 33.3 Å². The fraction of sp³-hybridized carbons (Fsp3) is 0.462. The maximum atomic E-state index is 12.0. The number of benzene rings is 1. The third-order valence-corrected chi connectivity index (χ3v) is 2.30. The van der Waals surface area contributed by atoms with E-state index < -0.39 is 11.1 Å². The molecule has 0 aliphatic heterocycles. The molecule has 3 N–H and O–H groups in total. The van der Waals surface area contributed by atoms with Crippen LogP contribution in [0, 0.1) is 0 Å². The molecule has 0 fully saturated rings. The average Bonchev–Trinajstić information content (AvgIpc) is 2.26. The van der Waals surface area contributed by atoms with E-state index in [1.54, 1.807) is 6.92 Å². The van der Waals surface area contributed by atoms with E-state index >= 15 is 0 Å². The number of carbonyl (C=O) groups is 1. The van der Waals surface area contributed by atoms with Crippen molar-refractivity contribution in [3.8, 4) is 0 Å². The molecule has 0 aliphatic carbocycles. The molecule has 1 aromatic carbocycles. The number of amides is 1. The lowest BCUT2D eigenvalue weighted by Gasteiger charge is -2.26. The number of nitrogens with one attached hydrogen (secondary N) is 1. The zero-order valence-electron chi connectivity index (χ0n) is 10.8. The Bertz CT molecular complexity index is 380. The fourth-order valence-electron chi connectivity index (χ4n) is 1.22. The van der Waals surface area contributed by atoms with Gasteiger partial charge in [0, 0.05) is 0 Å². The Hall–Kier alpha value is -1.39. The molecule has 1 amide bonds. The largest absolute Gasteiger partial charge is 0.314 e. The van der Waals surface area contributed by atoms with Crippen LogP contribution in [-0.4, -0.2) is 11.5 Å². The molecule has 4 heteroatoms. The van der Waals surface area contributed by atoms with Gasteiger partial charge >= 0.3 is 0 Å². The Labute approximate surface area is 102 Å². The average molecular weight is 236 g/mol. The molecule has 0 aromatic heterocycles. The van der Waals surface area contributed by atoms with Crippen LogP contribution < -0.4 is 11.2 Å². The van der Waals surface area contributed by atoms with E-state index in [9.17, 15) is 4.79 Å². The van der Waals surface area contributed by atoms with Crippen LogP contribution >= 0.6 is 0 Å². The summed E-state index contributed by atoms with van der Waals surface area (Å²) < 4.78 is 0. The number of hydrogen-bond donors (Lipinski definition) is 2. The van der Waals surface area contributed by atoms with E-state index in [1.807, 2.05) is 51.1 Å². The van der Waals surface area contributed by atoms with Crippen molar-refractivity contribution in [3.05, 3.63) is 35.9 Å². The molecular weight excluding hydrogens is 216 g/mol. The third-order valence-electron chi connectivity index (χ3n) is 2.30. The van der Waals surface area contributed by atoms with E-state index in [0.29, 0.717) is 0 Å². The number of hydrogen-bond acceptors (Lipinski definition) is 3. The number of hydroxylamine groups is 1. The first kappa shape index (κ1) is 13.7. The highest BCUT2D eigenvalue weighted by atomic mass is 16.7. The minimum Gasteiger partial charge on any atom is -0.314 e.